The molecule has 1 saturated heterocycles. The fourth-order valence-electron chi connectivity index (χ4n) is 2.95. The first kappa shape index (κ1) is 15.0. The molecular weight excluding hydrogens is 304 g/mol. The van der Waals surface area contributed by atoms with Crippen molar-refractivity contribution in [3.63, 3.8) is 0 Å². The molecule has 21 heavy (non-hydrogen) atoms. The molecule has 1 atom stereocenters. The number of nitrogens with one attached hydrogen (secondary N) is 1. The Balaban J connectivity index is 1.76. The summed E-state index contributed by atoms with van der Waals surface area (Å²) in [5.41, 5.74) is 2.77. The second-order valence-corrected chi connectivity index (χ2v) is 6.89. The van der Waals surface area contributed by atoms with Crippen molar-refractivity contribution in [2.24, 2.45) is 0 Å². The van der Waals surface area contributed by atoms with E-state index >= 15 is 0 Å². The van der Waals surface area contributed by atoms with E-state index in [4.69, 9.17) is 11.6 Å². The molecule has 3 rings (SSSR count). The fourth-order valence-corrected chi connectivity index (χ4v) is 3.70. The number of fused-ring (bicyclic) bond motifs is 1. The van der Waals surface area contributed by atoms with Crippen molar-refractivity contribution < 1.29 is 0 Å². The van der Waals surface area contributed by atoms with Crippen LogP contribution >= 0.6 is 23.3 Å². The van der Waals surface area contributed by atoms with Crippen molar-refractivity contribution in [3.05, 3.63) is 17.2 Å². The molecule has 114 valence electrons. The lowest BCUT2D eigenvalue weighted by atomic mass is 10.1. The number of halogens is 1. The summed E-state index contributed by atoms with van der Waals surface area (Å²) in [5, 5.41) is 4.36. The largest absolute Gasteiger partial charge is 0.379 e. The van der Waals surface area contributed by atoms with E-state index in [0.29, 0.717) is 12.1 Å². The maximum atomic E-state index is 6.36. The average molecular weight is 325 g/mol. The quantitative estimate of drug-likeness (QED) is 0.925. The lowest BCUT2D eigenvalue weighted by Crippen LogP contribution is -2.32. The van der Waals surface area contributed by atoms with Crippen molar-refractivity contribution >= 4 is 40.0 Å². The molecule has 4 nitrogen and oxygen atoms in total. The summed E-state index contributed by atoms with van der Waals surface area (Å²) >= 11 is 7.60. The molecule has 1 aromatic heterocycles. The summed E-state index contributed by atoms with van der Waals surface area (Å²) in [7, 11) is 0. The van der Waals surface area contributed by atoms with Crippen molar-refractivity contribution in [3.8, 4) is 0 Å². The highest BCUT2D eigenvalue weighted by Gasteiger charge is 2.20. The minimum Gasteiger partial charge on any atom is -0.379 e. The zero-order valence-electron chi connectivity index (χ0n) is 12.5. The van der Waals surface area contributed by atoms with Gasteiger partial charge in [0.25, 0.3) is 0 Å². The molecule has 1 aromatic carbocycles. The van der Waals surface area contributed by atoms with Crippen LogP contribution in [0.5, 0.6) is 0 Å². The van der Waals surface area contributed by atoms with Crippen LogP contribution in [-0.2, 0) is 0 Å². The zero-order chi connectivity index (χ0) is 14.8. The SMILES string of the molecule is CC(C)N1CCCC(Nc2c(Cl)ccc3nsnc23)CC1. The monoisotopic (exact) mass is 324 g/mol. The minimum atomic E-state index is 0.457. The van der Waals surface area contributed by atoms with E-state index < -0.39 is 0 Å². The van der Waals surface area contributed by atoms with E-state index in [9.17, 15) is 0 Å². The van der Waals surface area contributed by atoms with Crippen molar-refractivity contribution in [1.82, 2.24) is 13.6 Å². The summed E-state index contributed by atoms with van der Waals surface area (Å²) in [4.78, 5) is 2.55. The van der Waals surface area contributed by atoms with Gasteiger partial charge in [0.05, 0.1) is 22.4 Å². The molecule has 1 aliphatic heterocycles. The molecule has 0 amide bonds. The van der Waals surface area contributed by atoms with Gasteiger partial charge in [0.1, 0.15) is 11.0 Å². The first-order valence-electron chi connectivity index (χ1n) is 7.56. The third-order valence-electron chi connectivity index (χ3n) is 4.22. The highest BCUT2D eigenvalue weighted by atomic mass is 35.5. The Morgan fingerprint density at radius 3 is 2.95 bits per heavy atom. The molecule has 1 unspecified atom stereocenters. The van der Waals surface area contributed by atoms with E-state index in [2.05, 4.69) is 32.8 Å². The lowest BCUT2D eigenvalue weighted by Gasteiger charge is -2.24. The number of aromatic nitrogens is 2. The molecule has 0 spiro atoms. The van der Waals surface area contributed by atoms with Crippen molar-refractivity contribution in [1.29, 1.82) is 0 Å². The Kier molecular flexibility index (Phi) is 4.62. The number of likely N-dealkylation sites (tertiary alicyclic amines) is 1. The Morgan fingerprint density at radius 2 is 2.14 bits per heavy atom. The first-order chi connectivity index (χ1) is 10.1. The van der Waals surface area contributed by atoms with Crippen LogP contribution in [0.1, 0.15) is 33.1 Å². The van der Waals surface area contributed by atoms with Gasteiger partial charge in [-0.3, -0.25) is 0 Å². The van der Waals surface area contributed by atoms with Crippen LogP contribution in [0.15, 0.2) is 12.1 Å². The second kappa shape index (κ2) is 6.46. The highest BCUT2D eigenvalue weighted by Crippen LogP contribution is 2.31. The van der Waals surface area contributed by atoms with Crippen LogP contribution in [0.25, 0.3) is 11.0 Å². The van der Waals surface area contributed by atoms with Gasteiger partial charge in [0.2, 0.25) is 0 Å². The van der Waals surface area contributed by atoms with Gasteiger partial charge in [0.15, 0.2) is 0 Å². The fraction of sp³-hybridized carbons (Fsp3) is 0.600. The molecule has 1 aliphatic rings. The molecule has 0 aliphatic carbocycles. The summed E-state index contributed by atoms with van der Waals surface area (Å²) < 4.78 is 8.68. The van der Waals surface area contributed by atoms with Crippen molar-refractivity contribution in [2.45, 2.75) is 45.2 Å². The van der Waals surface area contributed by atoms with E-state index in [0.717, 1.165) is 34.7 Å². The summed E-state index contributed by atoms with van der Waals surface area (Å²) in [5.74, 6) is 0. The third-order valence-corrected chi connectivity index (χ3v) is 5.08. The number of rotatable bonds is 3. The number of hydrogen-bond acceptors (Lipinski definition) is 5. The van der Waals surface area contributed by atoms with E-state index in [-0.39, 0.29) is 0 Å². The average Bonchev–Trinajstić information content (AvgIpc) is 2.80. The van der Waals surface area contributed by atoms with Gasteiger partial charge in [-0.1, -0.05) is 11.6 Å². The van der Waals surface area contributed by atoms with Crippen LogP contribution in [0.4, 0.5) is 5.69 Å². The van der Waals surface area contributed by atoms with Crippen LogP contribution in [0, 0.1) is 0 Å². The van der Waals surface area contributed by atoms with E-state index in [1.165, 1.54) is 31.1 Å². The zero-order valence-corrected chi connectivity index (χ0v) is 14.0. The van der Waals surface area contributed by atoms with Gasteiger partial charge in [0, 0.05) is 18.6 Å². The Bertz CT molecular complexity index is 613. The second-order valence-electron chi connectivity index (χ2n) is 5.96. The van der Waals surface area contributed by atoms with Crippen molar-refractivity contribution in [2.75, 3.05) is 18.4 Å². The van der Waals surface area contributed by atoms with Gasteiger partial charge in [-0.05, 0) is 51.8 Å². The van der Waals surface area contributed by atoms with E-state index in [1.54, 1.807) is 0 Å². The van der Waals surface area contributed by atoms with Crippen LogP contribution in [-0.4, -0.2) is 38.8 Å². The highest BCUT2D eigenvalue weighted by molar-refractivity contribution is 7.00. The Hall–Kier alpha value is -0.910. The van der Waals surface area contributed by atoms with E-state index in [1.807, 2.05) is 12.1 Å². The molecule has 1 N–H and O–H groups in total. The Labute approximate surface area is 134 Å². The lowest BCUT2D eigenvalue weighted by molar-refractivity contribution is 0.230. The topological polar surface area (TPSA) is 41.0 Å². The maximum Gasteiger partial charge on any atom is 0.129 e. The number of anilines is 1. The molecular formula is C15H21ClN4S. The molecule has 2 aromatic rings. The molecule has 0 radical (unpaired) electrons. The standard InChI is InChI=1S/C15H21ClN4S/c1-10(2)20-8-3-4-11(7-9-20)17-14-12(16)5-6-13-15(14)19-21-18-13/h5-6,10-11,17H,3-4,7-9H2,1-2H3. The maximum absolute atomic E-state index is 6.36. The third kappa shape index (κ3) is 3.30. The Morgan fingerprint density at radius 1 is 1.29 bits per heavy atom. The summed E-state index contributed by atoms with van der Waals surface area (Å²) in [6, 6.07) is 4.92. The molecule has 1 fully saturated rings. The van der Waals surface area contributed by atoms with Gasteiger partial charge in [-0.2, -0.15) is 8.75 Å². The predicted octanol–water partition coefficient (Wildman–Crippen LogP) is 4.02. The van der Waals surface area contributed by atoms with Gasteiger partial charge < -0.3 is 10.2 Å². The number of benzene rings is 1. The molecule has 0 saturated carbocycles. The van der Waals surface area contributed by atoms with Crippen LogP contribution in [0.3, 0.4) is 0 Å². The van der Waals surface area contributed by atoms with Crippen LogP contribution in [0.2, 0.25) is 5.02 Å². The first-order valence-corrected chi connectivity index (χ1v) is 8.67. The van der Waals surface area contributed by atoms with Gasteiger partial charge >= 0.3 is 0 Å². The predicted molar refractivity (Wildman–Crippen MR) is 90.4 cm³/mol. The normalized spacial score (nSPS) is 20.9. The molecule has 2 heterocycles. The van der Waals surface area contributed by atoms with Gasteiger partial charge in [-0.25, -0.2) is 0 Å². The number of hydrogen-bond donors (Lipinski definition) is 1. The molecule has 6 heteroatoms. The summed E-state index contributed by atoms with van der Waals surface area (Å²) in [6.45, 7) is 6.86. The number of nitrogens with zero attached hydrogens (tertiary/aromatic N) is 3. The minimum absolute atomic E-state index is 0.457. The summed E-state index contributed by atoms with van der Waals surface area (Å²) in [6.07, 6.45) is 3.54. The van der Waals surface area contributed by atoms with Gasteiger partial charge in [-0.15, -0.1) is 0 Å². The molecule has 0 bridgehead atoms. The van der Waals surface area contributed by atoms with Crippen LogP contribution < -0.4 is 5.32 Å². The smallest absolute Gasteiger partial charge is 0.129 e.